The number of nitrogens with one attached hydrogen (secondary N) is 1. The lowest BCUT2D eigenvalue weighted by atomic mass is 10.1. The second-order valence-electron chi connectivity index (χ2n) is 4.85. The van der Waals surface area contributed by atoms with Crippen LogP contribution in [0, 0.1) is 13.8 Å². The van der Waals surface area contributed by atoms with E-state index in [4.69, 9.17) is 0 Å². The first kappa shape index (κ1) is 12.5. The third kappa shape index (κ3) is 2.08. The van der Waals surface area contributed by atoms with Crippen molar-refractivity contribution in [1.29, 1.82) is 0 Å². The first-order valence-corrected chi connectivity index (χ1v) is 6.02. The molecule has 2 aromatic heterocycles. The third-order valence-corrected chi connectivity index (χ3v) is 2.76. The Bertz CT molecular complexity index is 613. The van der Waals surface area contributed by atoms with Gasteiger partial charge in [-0.3, -0.25) is 9.48 Å². The highest BCUT2D eigenvalue weighted by molar-refractivity contribution is 6.06. The van der Waals surface area contributed by atoms with E-state index in [0.717, 1.165) is 22.4 Å². The maximum atomic E-state index is 12.2. The molecule has 0 saturated heterocycles. The van der Waals surface area contributed by atoms with Crippen LogP contribution in [-0.4, -0.2) is 26.7 Å². The summed E-state index contributed by atoms with van der Waals surface area (Å²) < 4.78 is 1.71. The average molecular weight is 246 g/mol. The molecule has 0 aliphatic rings. The minimum Gasteiger partial charge on any atom is -0.350 e. The minimum atomic E-state index is -0.0726. The predicted molar refractivity (Wildman–Crippen MR) is 70.6 cm³/mol. The molecule has 0 aliphatic carbocycles. The second kappa shape index (κ2) is 4.40. The summed E-state index contributed by atoms with van der Waals surface area (Å²) in [4.78, 5) is 16.6. The Hall–Kier alpha value is -1.91. The second-order valence-corrected chi connectivity index (χ2v) is 4.85. The van der Waals surface area contributed by atoms with Crippen molar-refractivity contribution in [1.82, 2.24) is 20.1 Å². The molecule has 0 bridgehead atoms. The Morgan fingerprint density at radius 3 is 2.67 bits per heavy atom. The number of aromatic nitrogens is 3. The first-order chi connectivity index (χ1) is 8.40. The van der Waals surface area contributed by atoms with Crippen LogP contribution in [0.25, 0.3) is 11.0 Å². The zero-order valence-corrected chi connectivity index (χ0v) is 11.4. The summed E-state index contributed by atoms with van der Waals surface area (Å²) in [6.45, 7) is 7.66. The maximum Gasteiger partial charge on any atom is 0.252 e. The SMILES string of the molecule is Cc1cc(C(=O)NC(C)C)c2c(C)nn(C)c2n1. The fourth-order valence-corrected chi connectivity index (χ4v) is 2.09. The van der Waals surface area contributed by atoms with Gasteiger partial charge in [0.05, 0.1) is 16.6 Å². The van der Waals surface area contributed by atoms with Crippen LogP contribution < -0.4 is 5.32 Å². The van der Waals surface area contributed by atoms with Crippen molar-refractivity contribution in [2.45, 2.75) is 33.7 Å². The number of hydrogen-bond acceptors (Lipinski definition) is 3. The average Bonchev–Trinajstić information content (AvgIpc) is 2.52. The molecule has 2 heterocycles. The van der Waals surface area contributed by atoms with Crippen molar-refractivity contribution in [3.8, 4) is 0 Å². The Morgan fingerprint density at radius 2 is 2.06 bits per heavy atom. The molecule has 0 fully saturated rings. The zero-order valence-electron chi connectivity index (χ0n) is 11.4. The van der Waals surface area contributed by atoms with Crippen LogP contribution in [0.3, 0.4) is 0 Å². The van der Waals surface area contributed by atoms with Gasteiger partial charge < -0.3 is 5.32 Å². The summed E-state index contributed by atoms with van der Waals surface area (Å²) in [6.07, 6.45) is 0. The van der Waals surface area contributed by atoms with Crippen molar-refractivity contribution >= 4 is 16.9 Å². The Labute approximate surface area is 106 Å². The molecule has 0 aliphatic heterocycles. The van der Waals surface area contributed by atoms with Crippen LogP contribution in [0.2, 0.25) is 0 Å². The standard InChI is InChI=1S/C13H18N4O/c1-7(2)14-13(18)10-6-8(3)15-12-11(10)9(4)16-17(12)5/h6-7H,1-5H3,(H,14,18). The first-order valence-electron chi connectivity index (χ1n) is 6.02. The van der Waals surface area contributed by atoms with Crippen molar-refractivity contribution in [3.05, 3.63) is 23.0 Å². The van der Waals surface area contributed by atoms with E-state index in [-0.39, 0.29) is 11.9 Å². The van der Waals surface area contributed by atoms with E-state index >= 15 is 0 Å². The molecule has 0 saturated carbocycles. The van der Waals surface area contributed by atoms with Gasteiger partial charge >= 0.3 is 0 Å². The number of rotatable bonds is 2. The molecule has 0 radical (unpaired) electrons. The summed E-state index contributed by atoms with van der Waals surface area (Å²) in [5.74, 6) is -0.0726. The van der Waals surface area contributed by atoms with Gasteiger partial charge in [0.1, 0.15) is 0 Å². The molecule has 1 amide bonds. The van der Waals surface area contributed by atoms with Crippen molar-refractivity contribution < 1.29 is 4.79 Å². The number of carbonyl (C=O) groups is 1. The number of nitrogens with zero attached hydrogens (tertiary/aromatic N) is 3. The van der Waals surface area contributed by atoms with Gasteiger partial charge in [0.2, 0.25) is 0 Å². The summed E-state index contributed by atoms with van der Waals surface area (Å²) in [7, 11) is 1.84. The molecule has 2 aromatic rings. The molecular weight excluding hydrogens is 228 g/mol. The lowest BCUT2D eigenvalue weighted by Gasteiger charge is -2.10. The van der Waals surface area contributed by atoms with E-state index in [0.29, 0.717) is 5.56 Å². The molecule has 96 valence electrons. The van der Waals surface area contributed by atoms with Gasteiger partial charge in [0.25, 0.3) is 5.91 Å². The summed E-state index contributed by atoms with van der Waals surface area (Å²) in [5.41, 5.74) is 3.05. The predicted octanol–water partition coefficient (Wildman–Crippen LogP) is 1.72. The summed E-state index contributed by atoms with van der Waals surface area (Å²) >= 11 is 0. The van der Waals surface area contributed by atoms with Crippen LogP contribution in [0.15, 0.2) is 6.07 Å². The summed E-state index contributed by atoms with van der Waals surface area (Å²) in [5, 5.41) is 8.07. The Balaban J connectivity index is 2.66. The van der Waals surface area contributed by atoms with E-state index in [1.54, 1.807) is 4.68 Å². The quantitative estimate of drug-likeness (QED) is 0.877. The van der Waals surface area contributed by atoms with Gasteiger partial charge in [-0.15, -0.1) is 0 Å². The topological polar surface area (TPSA) is 59.8 Å². The fraction of sp³-hybridized carbons (Fsp3) is 0.462. The molecule has 0 atom stereocenters. The monoisotopic (exact) mass is 246 g/mol. The van der Waals surface area contributed by atoms with Crippen LogP contribution in [-0.2, 0) is 7.05 Å². The lowest BCUT2D eigenvalue weighted by molar-refractivity contribution is 0.0944. The van der Waals surface area contributed by atoms with Crippen LogP contribution in [0.5, 0.6) is 0 Å². The van der Waals surface area contributed by atoms with E-state index in [9.17, 15) is 4.79 Å². The highest BCUT2D eigenvalue weighted by Crippen LogP contribution is 2.21. The molecular formula is C13H18N4O. The number of hydrogen-bond donors (Lipinski definition) is 1. The van der Waals surface area contributed by atoms with E-state index < -0.39 is 0 Å². The van der Waals surface area contributed by atoms with Crippen molar-refractivity contribution in [2.24, 2.45) is 7.05 Å². The fourth-order valence-electron chi connectivity index (χ4n) is 2.09. The largest absolute Gasteiger partial charge is 0.350 e. The Morgan fingerprint density at radius 1 is 1.39 bits per heavy atom. The molecule has 18 heavy (non-hydrogen) atoms. The lowest BCUT2D eigenvalue weighted by Crippen LogP contribution is -2.30. The van der Waals surface area contributed by atoms with Gasteiger partial charge in [-0.2, -0.15) is 5.10 Å². The number of aryl methyl sites for hydroxylation is 3. The molecule has 5 heteroatoms. The molecule has 2 rings (SSSR count). The minimum absolute atomic E-state index is 0.0726. The van der Waals surface area contributed by atoms with Crippen LogP contribution >= 0.6 is 0 Å². The molecule has 0 aromatic carbocycles. The van der Waals surface area contributed by atoms with Gasteiger partial charge in [0.15, 0.2) is 5.65 Å². The Kier molecular flexibility index (Phi) is 3.07. The third-order valence-electron chi connectivity index (χ3n) is 2.76. The maximum absolute atomic E-state index is 12.2. The van der Waals surface area contributed by atoms with E-state index in [1.165, 1.54) is 0 Å². The highest BCUT2D eigenvalue weighted by Gasteiger charge is 2.17. The molecule has 0 unspecified atom stereocenters. The number of amides is 1. The normalized spacial score (nSPS) is 11.2. The van der Waals surface area contributed by atoms with Gasteiger partial charge in [-0.05, 0) is 33.8 Å². The number of pyridine rings is 1. The van der Waals surface area contributed by atoms with Crippen LogP contribution in [0.1, 0.15) is 35.6 Å². The van der Waals surface area contributed by atoms with E-state index in [2.05, 4.69) is 15.4 Å². The number of fused-ring (bicyclic) bond motifs is 1. The van der Waals surface area contributed by atoms with Gasteiger partial charge in [0, 0.05) is 18.8 Å². The highest BCUT2D eigenvalue weighted by atomic mass is 16.1. The number of carbonyl (C=O) groups excluding carboxylic acids is 1. The van der Waals surface area contributed by atoms with Gasteiger partial charge in [-0.25, -0.2) is 4.98 Å². The molecule has 5 nitrogen and oxygen atoms in total. The smallest absolute Gasteiger partial charge is 0.252 e. The summed E-state index contributed by atoms with van der Waals surface area (Å²) in [6, 6.07) is 1.92. The van der Waals surface area contributed by atoms with Crippen molar-refractivity contribution in [2.75, 3.05) is 0 Å². The molecule has 1 N–H and O–H groups in total. The molecule has 0 spiro atoms. The zero-order chi connectivity index (χ0) is 13.4. The van der Waals surface area contributed by atoms with E-state index in [1.807, 2.05) is 40.8 Å². The van der Waals surface area contributed by atoms with Crippen LogP contribution in [0.4, 0.5) is 0 Å². The van der Waals surface area contributed by atoms with Gasteiger partial charge in [-0.1, -0.05) is 0 Å². The van der Waals surface area contributed by atoms with Crippen molar-refractivity contribution in [3.63, 3.8) is 0 Å².